The summed E-state index contributed by atoms with van der Waals surface area (Å²) in [5.41, 5.74) is 0. The minimum absolute atomic E-state index is 0.0398. The molecule has 0 aliphatic heterocycles. The molecule has 1 amide bonds. The summed E-state index contributed by atoms with van der Waals surface area (Å²) in [6.07, 6.45) is 59.9. The molecule has 0 aromatic heterocycles. The molecule has 0 bridgehead atoms. The zero-order valence-electron chi connectivity index (χ0n) is 47.0. The first kappa shape index (κ1) is 68.2. The van der Waals surface area contributed by atoms with E-state index in [1.807, 2.05) is 33.3 Å². The van der Waals surface area contributed by atoms with Crippen LogP contribution in [-0.4, -0.2) is 74.3 Å². The molecule has 0 radical (unpaired) electrons. The van der Waals surface area contributed by atoms with Gasteiger partial charge in [-0.15, -0.1) is 0 Å². The number of allylic oxidation sites excluding steroid dienone is 5. The van der Waals surface area contributed by atoms with Crippen LogP contribution in [0.4, 0.5) is 0 Å². The lowest BCUT2D eigenvalue weighted by molar-refractivity contribution is -0.870. The Morgan fingerprint density at radius 3 is 1.29 bits per heavy atom. The van der Waals surface area contributed by atoms with Gasteiger partial charge < -0.3 is 19.4 Å². The average molecular weight is 1010 g/mol. The van der Waals surface area contributed by atoms with Gasteiger partial charge in [-0.2, -0.15) is 0 Å². The number of phosphoric acid groups is 1. The SMILES string of the molecule is CCCCC/C=C/C=C/CCCCCCCCC(=O)NC(COP(=O)(O)OCC[N+](C)(C)C)C(/C=C/CCCCCCCCCCCC)OC(=O)CCCCCCCCCCCCCCCCCCC. The van der Waals surface area contributed by atoms with Crippen LogP contribution in [0.5, 0.6) is 0 Å². The monoisotopic (exact) mass is 1010 g/mol. The second-order valence-electron chi connectivity index (χ2n) is 21.6. The van der Waals surface area contributed by atoms with E-state index in [1.54, 1.807) is 0 Å². The molecule has 0 aliphatic rings. The fourth-order valence-corrected chi connectivity index (χ4v) is 9.43. The van der Waals surface area contributed by atoms with Crippen molar-refractivity contribution in [2.45, 2.75) is 296 Å². The first-order chi connectivity index (χ1) is 33.9. The van der Waals surface area contributed by atoms with Crippen LogP contribution in [0.3, 0.4) is 0 Å². The molecule has 0 saturated heterocycles. The molecule has 10 heteroatoms. The highest BCUT2D eigenvalue weighted by Crippen LogP contribution is 2.43. The Labute approximate surface area is 434 Å². The molecule has 0 fully saturated rings. The maximum atomic E-state index is 13.5. The van der Waals surface area contributed by atoms with Crippen LogP contribution < -0.4 is 5.32 Å². The molecule has 70 heavy (non-hydrogen) atoms. The Morgan fingerprint density at radius 1 is 0.500 bits per heavy atom. The number of nitrogens with one attached hydrogen (secondary N) is 1. The van der Waals surface area contributed by atoms with Crippen molar-refractivity contribution in [2.24, 2.45) is 0 Å². The van der Waals surface area contributed by atoms with Gasteiger partial charge in [0.2, 0.25) is 5.91 Å². The number of ether oxygens (including phenoxy) is 1. The van der Waals surface area contributed by atoms with E-state index in [1.165, 1.54) is 173 Å². The third kappa shape index (κ3) is 51.1. The average Bonchev–Trinajstić information content (AvgIpc) is 3.32. The first-order valence-electron chi connectivity index (χ1n) is 29.8. The molecule has 0 rings (SSSR count). The molecule has 0 aromatic rings. The lowest BCUT2D eigenvalue weighted by Crippen LogP contribution is -2.47. The summed E-state index contributed by atoms with van der Waals surface area (Å²) >= 11 is 0. The molecule has 3 unspecified atom stereocenters. The summed E-state index contributed by atoms with van der Waals surface area (Å²) < 4.78 is 30.6. The Bertz CT molecular complexity index is 1300. The second-order valence-corrected chi connectivity index (χ2v) is 23.0. The molecule has 2 N–H and O–H groups in total. The Balaban J connectivity index is 5.30. The van der Waals surface area contributed by atoms with Crippen molar-refractivity contribution in [3.63, 3.8) is 0 Å². The lowest BCUT2D eigenvalue weighted by atomic mass is 10.0. The van der Waals surface area contributed by atoms with Gasteiger partial charge in [-0.05, 0) is 57.4 Å². The maximum Gasteiger partial charge on any atom is 0.472 e. The third-order valence-corrected chi connectivity index (χ3v) is 14.3. The van der Waals surface area contributed by atoms with E-state index in [9.17, 15) is 19.0 Å². The highest BCUT2D eigenvalue weighted by atomic mass is 31.2. The molecule has 0 aliphatic carbocycles. The number of unbranched alkanes of at least 4 members (excludes halogenated alkanes) is 35. The van der Waals surface area contributed by atoms with E-state index in [0.29, 0.717) is 23.9 Å². The highest BCUT2D eigenvalue weighted by Gasteiger charge is 2.30. The number of amides is 1. The third-order valence-electron chi connectivity index (χ3n) is 13.4. The molecule has 3 atom stereocenters. The van der Waals surface area contributed by atoms with E-state index < -0.39 is 20.0 Å². The minimum Gasteiger partial charge on any atom is -0.456 e. The number of nitrogens with zero attached hydrogens (tertiary/aromatic N) is 1. The summed E-state index contributed by atoms with van der Waals surface area (Å²) in [7, 11) is 1.50. The molecule has 412 valence electrons. The quantitative estimate of drug-likeness (QED) is 0.0156. The maximum absolute atomic E-state index is 13.5. The number of quaternary nitrogens is 1. The van der Waals surface area contributed by atoms with Gasteiger partial charge in [-0.25, -0.2) is 4.57 Å². The largest absolute Gasteiger partial charge is 0.472 e. The summed E-state index contributed by atoms with van der Waals surface area (Å²) in [5.74, 6) is -0.507. The summed E-state index contributed by atoms with van der Waals surface area (Å²) in [6, 6.07) is -0.849. The van der Waals surface area contributed by atoms with Gasteiger partial charge >= 0.3 is 13.8 Å². The smallest absolute Gasteiger partial charge is 0.456 e. The van der Waals surface area contributed by atoms with Crippen LogP contribution in [0, 0.1) is 0 Å². The van der Waals surface area contributed by atoms with Crippen LogP contribution >= 0.6 is 7.82 Å². The number of carbonyl (C=O) groups is 2. The van der Waals surface area contributed by atoms with Crippen LogP contribution in [0.25, 0.3) is 0 Å². The van der Waals surface area contributed by atoms with Crippen molar-refractivity contribution < 1.29 is 37.3 Å². The van der Waals surface area contributed by atoms with E-state index in [2.05, 4.69) is 50.4 Å². The number of esters is 1. The molecule has 0 saturated carbocycles. The zero-order chi connectivity index (χ0) is 51.5. The van der Waals surface area contributed by atoms with E-state index in [4.69, 9.17) is 13.8 Å². The highest BCUT2D eigenvalue weighted by molar-refractivity contribution is 7.47. The van der Waals surface area contributed by atoms with E-state index in [0.717, 1.165) is 77.0 Å². The van der Waals surface area contributed by atoms with E-state index in [-0.39, 0.29) is 25.1 Å². The molecular formula is C60H116N2O7P+. The topological polar surface area (TPSA) is 111 Å². The molecule has 9 nitrogen and oxygen atoms in total. The van der Waals surface area contributed by atoms with Crippen molar-refractivity contribution in [1.82, 2.24) is 5.32 Å². The minimum atomic E-state index is -4.44. The summed E-state index contributed by atoms with van der Waals surface area (Å²) in [5, 5.41) is 3.05. The predicted octanol–water partition coefficient (Wildman–Crippen LogP) is 17.9. The summed E-state index contributed by atoms with van der Waals surface area (Å²) in [6.45, 7) is 7.00. The number of phosphoric ester groups is 1. The van der Waals surface area contributed by atoms with Gasteiger partial charge in [0.25, 0.3) is 0 Å². The number of rotatable bonds is 54. The number of likely N-dealkylation sites (N-methyl/N-ethyl adjacent to an activating group) is 1. The first-order valence-corrected chi connectivity index (χ1v) is 31.3. The standard InChI is InChI=1S/C60H115N2O7P/c1-7-10-13-16-19-22-25-28-30-31-33-35-38-41-44-47-50-53-60(64)69-58(51-48-45-42-39-36-27-24-21-18-15-12-9-3)57(56-68-70(65,66)67-55-54-62(4,5)6)61-59(63)52-49-46-43-40-37-34-32-29-26-23-20-17-14-11-8-2/h20,23,26,29,48,51,57-58H,7-19,21-22,24-25,27-28,30-47,49-50,52-56H2,1-6H3,(H-,61,63,65,66)/p+1/b23-20+,29-26+,51-48+. The Hall–Kier alpha value is -1.77. The van der Waals surface area contributed by atoms with Crippen molar-refractivity contribution in [1.29, 1.82) is 0 Å². The van der Waals surface area contributed by atoms with Crippen molar-refractivity contribution >= 4 is 19.7 Å². The fourth-order valence-electron chi connectivity index (χ4n) is 8.70. The Kier molecular flexibility index (Phi) is 49.5. The normalized spacial score (nSPS) is 14.0. The van der Waals surface area contributed by atoms with Gasteiger partial charge in [0.05, 0.1) is 33.8 Å². The lowest BCUT2D eigenvalue weighted by Gasteiger charge is -2.27. The number of hydrogen-bond donors (Lipinski definition) is 2. The zero-order valence-corrected chi connectivity index (χ0v) is 47.9. The van der Waals surface area contributed by atoms with Crippen LogP contribution in [0.1, 0.15) is 284 Å². The predicted molar refractivity (Wildman–Crippen MR) is 300 cm³/mol. The fraction of sp³-hybridized carbons (Fsp3) is 0.867. The van der Waals surface area contributed by atoms with Gasteiger partial charge in [-0.3, -0.25) is 18.6 Å². The molecule has 0 heterocycles. The second kappa shape index (κ2) is 50.7. The van der Waals surface area contributed by atoms with Crippen molar-refractivity contribution in [3.05, 3.63) is 36.5 Å². The summed E-state index contributed by atoms with van der Waals surface area (Å²) in [4.78, 5) is 37.6. The van der Waals surface area contributed by atoms with Crippen LogP contribution in [-0.2, 0) is 27.9 Å². The van der Waals surface area contributed by atoms with Gasteiger partial charge in [0.15, 0.2) is 0 Å². The molecule has 0 spiro atoms. The van der Waals surface area contributed by atoms with Crippen molar-refractivity contribution in [2.75, 3.05) is 40.9 Å². The Morgan fingerprint density at radius 2 is 0.857 bits per heavy atom. The van der Waals surface area contributed by atoms with Crippen molar-refractivity contribution in [3.8, 4) is 0 Å². The molecular weight excluding hydrogens is 892 g/mol. The van der Waals surface area contributed by atoms with Crippen LogP contribution in [0.15, 0.2) is 36.5 Å². The molecule has 0 aromatic carbocycles. The van der Waals surface area contributed by atoms with Gasteiger partial charge in [0.1, 0.15) is 19.3 Å². The number of hydrogen-bond acceptors (Lipinski definition) is 6. The van der Waals surface area contributed by atoms with E-state index >= 15 is 0 Å². The number of carbonyl (C=O) groups excluding carboxylic acids is 2. The van der Waals surface area contributed by atoms with Crippen LogP contribution in [0.2, 0.25) is 0 Å². The van der Waals surface area contributed by atoms with Gasteiger partial charge in [-0.1, -0.05) is 250 Å². The van der Waals surface area contributed by atoms with Gasteiger partial charge in [0, 0.05) is 12.8 Å².